The molecule has 2 aromatic rings. The van der Waals surface area contributed by atoms with E-state index in [0.29, 0.717) is 35.5 Å². The minimum Gasteiger partial charge on any atom is -0.378 e. The number of nitrogens with zero attached hydrogens (tertiary/aromatic N) is 3. The minimum absolute atomic E-state index is 0.127. The molecule has 5 N–H and O–H groups in total. The maximum absolute atomic E-state index is 11.6. The van der Waals surface area contributed by atoms with E-state index < -0.39 is 10.5 Å². The van der Waals surface area contributed by atoms with Gasteiger partial charge in [0.25, 0.3) is 0 Å². The third-order valence-electron chi connectivity index (χ3n) is 5.92. The standard InChI is InChI=1S/C21H29ClN6O2/c1-21(2,15-5-3-4-6-16(15)22)27-20-25-17(18(28(29)30)19(24)26-20)11-13-7-9-14(12-23)10-8-13/h3-6,13-14H,7-12,23H2,1-2H3,(H3,24,25,26,27). The quantitative estimate of drug-likeness (QED) is 0.439. The Hall–Kier alpha value is -2.45. The van der Waals surface area contributed by atoms with Crippen molar-refractivity contribution in [2.45, 2.75) is 51.5 Å². The molecule has 0 spiro atoms. The largest absolute Gasteiger partial charge is 0.378 e. The van der Waals surface area contributed by atoms with Crippen molar-refractivity contribution in [3.05, 3.63) is 50.7 Å². The van der Waals surface area contributed by atoms with Gasteiger partial charge in [-0.3, -0.25) is 10.1 Å². The average molecular weight is 433 g/mol. The number of hydrogen-bond acceptors (Lipinski definition) is 7. The molecule has 0 radical (unpaired) electrons. The predicted molar refractivity (Wildman–Crippen MR) is 119 cm³/mol. The van der Waals surface area contributed by atoms with Crippen molar-refractivity contribution in [3.8, 4) is 0 Å². The molecule has 30 heavy (non-hydrogen) atoms. The number of hydrogen-bond donors (Lipinski definition) is 3. The lowest BCUT2D eigenvalue weighted by Crippen LogP contribution is -2.30. The number of halogens is 1. The van der Waals surface area contributed by atoms with Gasteiger partial charge >= 0.3 is 5.69 Å². The topological polar surface area (TPSA) is 133 Å². The van der Waals surface area contributed by atoms with Crippen LogP contribution in [0.4, 0.5) is 17.5 Å². The summed E-state index contributed by atoms with van der Waals surface area (Å²) in [6, 6.07) is 7.49. The molecule has 0 aliphatic heterocycles. The summed E-state index contributed by atoms with van der Waals surface area (Å²) in [7, 11) is 0. The molecule has 162 valence electrons. The highest BCUT2D eigenvalue weighted by atomic mass is 35.5. The zero-order valence-electron chi connectivity index (χ0n) is 17.4. The van der Waals surface area contributed by atoms with Gasteiger partial charge in [0.2, 0.25) is 11.8 Å². The Morgan fingerprint density at radius 2 is 1.83 bits per heavy atom. The summed E-state index contributed by atoms with van der Waals surface area (Å²) in [6.07, 6.45) is 4.55. The van der Waals surface area contributed by atoms with Crippen LogP contribution in [0.3, 0.4) is 0 Å². The van der Waals surface area contributed by atoms with Crippen molar-refractivity contribution in [1.29, 1.82) is 0 Å². The molecular formula is C21H29ClN6O2. The molecular weight excluding hydrogens is 404 g/mol. The molecule has 0 bridgehead atoms. The first kappa shape index (κ1) is 22.2. The van der Waals surface area contributed by atoms with E-state index in [-0.39, 0.29) is 17.5 Å². The lowest BCUT2D eigenvalue weighted by atomic mass is 9.80. The number of nitrogens with one attached hydrogen (secondary N) is 1. The van der Waals surface area contributed by atoms with Crippen molar-refractivity contribution < 1.29 is 4.92 Å². The Balaban J connectivity index is 1.88. The molecule has 1 aliphatic rings. The summed E-state index contributed by atoms with van der Waals surface area (Å²) in [5, 5.41) is 15.5. The fraction of sp³-hybridized carbons (Fsp3) is 0.524. The van der Waals surface area contributed by atoms with E-state index in [1.807, 2.05) is 38.1 Å². The molecule has 1 aromatic carbocycles. The SMILES string of the molecule is CC(C)(Nc1nc(N)c([N+](=O)[O-])c(CC2CCC(CN)CC2)n1)c1ccccc1Cl. The Morgan fingerprint density at radius 1 is 1.20 bits per heavy atom. The molecule has 1 aromatic heterocycles. The molecule has 1 fully saturated rings. The van der Waals surface area contributed by atoms with E-state index in [9.17, 15) is 10.1 Å². The first-order valence-electron chi connectivity index (χ1n) is 10.2. The fourth-order valence-corrected chi connectivity index (χ4v) is 4.55. The van der Waals surface area contributed by atoms with Gasteiger partial charge < -0.3 is 16.8 Å². The smallest absolute Gasteiger partial charge is 0.332 e. The number of rotatable bonds is 7. The van der Waals surface area contributed by atoms with Crippen LogP contribution in [0.5, 0.6) is 0 Å². The second-order valence-corrected chi connectivity index (χ2v) is 8.95. The van der Waals surface area contributed by atoms with Crippen LogP contribution in [-0.2, 0) is 12.0 Å². The number of anilines is 2. The van der Waals surface area contributed by atoms with Gasteiger partial charge in [-0.05, 0) is 76.0 Å². The van der Waals surface area contributed by atoms with Gasteiger partial charge in [-0.2, -0.15) is 4.98 Å². The second-order valence-electron chi connectivity index (χ2n) is 8.54. The van der Waals surface area contributed by atoms with Gasteiger partial charge in [-0.15, -0.1) is 0 Å². The maximum atomic E-state index is 11.6. The third kappa shape index (κ3) is 4.99. The summed E-state index contributed by atoms with van der Waals surface area (Å²) in [5.74, 6) is 0.998. The van der Waals surface area contributed by atoms with Crippen molar-refractivity contribution in [3.63, 3.8) is 0 Å². The number of nitrogen functional groups attached to an aromatic ring is 1. The van der Waals surface area contributed by atoms with E-state index in [1.165, 1.54) is 0 Å². The van der Waals surface area contributed by atoms with Crippen LogP contribution in [0.25, 0.3) is 0 Å². The summed E-state index contributed by atoms with van der Waals surface area (Å²) in [4.78, 5) is 19.8. The van der Waals surface area contributed by atoms with E-state index in [0.717, 1.165) is 31.2 Å². The van der Waals surface area contributed by atoms with Crippen LogP contribution in [0.1, 0.15) is 50.8 Å². The van der Waals surface area contributed by atoms with Crippen LogP contribution in [-0.4, -0.2) is 21.4 Å². The fourth-order valence-electron chi connectivity index (χ4n) is 4.18. The third-order valence-corrected chi connectivity index (χ3v) is 6.25. The zero-order chi connectivity index (χ0) is 21.9. The Morgan fingerprint density at radius 3 is 2.43 bits per heavy atom. The van der Waals surface area contributed by atoms with Crippen molar-refractivity contribution >= 4 is 29.1 Å². The zero-order valence-corrected chi connectivity index (χ0v) is 18.2. The summed E-state index contributed by atoms with van der Waals surface area (Å²) in [6.45, 7) is 4.59. The van der Waals surface area contributed by atoms with Gasteiger partial charge in [0.15, 0.2) is 0 Å². The minimum atomic E-state index is -0.600. The number of nitrogens with two attached hydrogens (primary N) is 2. The van der Waals surface area contributed by atoms with E-state index in [2.05, 4.69) is 15.3 Å². The van der Waals surface area contributed by atoms with E-state index in [1.54, 1.807) is 0 Å². The maximum Gasteiger partial charge on any atom is 0.332 e. The number of aromatic nitrogens is 2. The molecule has 1 heterocycles. The molecule has 0 amide bonds. The van der Waals surface area contributed by atoms with Crippen LogP contribution in [0, 0.1) is 22.0 Å². The summed E-state index contributed by atoms with van der Waals surface area (Å²) in [5.41, 5.74) is 12.2. The summed E-state index contributed by atoms with van der Waals surface area (Å²) < 4.78 is 0. The van der Waals surface area contributed by atoms with Gasteiger partial charge in [-0.25, -0.2) is 4.98 Å². The lowest BCUT2D eigenvalue weighted by molar-refractivity contribution is -0.385. The van der Waals surface area contributed by atoms with Crippen LogP contribution < -0.4 is 16.8 Å². The van der Waals surface area contributed by atoms with Crippen molar-refractivity contribution in [2.24, 2.45) is 17.6 Å². The lowest BCUT2D eigenvalue weighted by Gasteiger charge is -2.29. The van der Waals surface area contributed by atoms with Gasteiger partial charge in [0, 0.05) is 5.02 Å². The average Bonchev–Trinajstić information content (AvgIpc) is 2.67. The van der Waals surface area contributed by atoms with Crippen LogP contribution >= 0.6 is 11.6 Å². The van der Waals surface area contributed by atoms with Crippen LogP contribution in [0.2, 0.25) is 5.02 Å². The van der Waals surface area contributed by atoms with Gasteiger partial charge in [-0.1, -0.05) is 29.8 Å². The molecule has 0 atom stereocenters. The van der Waals surface area contributed by atoms with Crippen LogP contribution in [0.15, 0.2) is 24.3 Å². The van der Waals surface area contributed by atoms with Gasteiger partial charge in [0.1, 0.15) is 5.69 Å². The molecule has 1 aliphatic carbocycles. The Bertz CT molecular complexity index is 912. The Kier molecular flexibility index (Phi) is 6.77. The molecule has 0 unspecified atom stereocenters. The van der Waals surface area contributed by atoms with Crippen molar-refractivity contribution in [2.75, 3.05) is 17.6 Å². The van der Waals surface area contributed by atoms with E-state index in [4.69, 9.17) is 23.1 Å². The first-order valence-corrected chi connectivity index (χ1v) is 10.6. The number of benzene rings is 1. The highest BCUT2D eigenvalue weighted by molar-refractivity contribution is 6.31. The molecule has 0 saturated heterocycles. The monoisotopic (exact) mass is 432 g/mol. The highest BCUT2D eigenvalue weighted by Crippen LogP contribution is 2.35. The van der Waals surface area contributed by atoms with Crippen molar-refractivity contribution in [1.82, 2.24) is 9.97 Å². The van der Waals surface area contributed by atoms with E-state index >= 15 is 0 Å². The molecule has 9 heteroatoms. The number of nitro groups is 1. The van der Waals surface area contributed by atoms with Gasteiger partial charge in [0.05, 0.1) is 10.5 Å². The normalized spacial score (nSPS) is 19.5. The highest BCUT2D eigenvalue weighted by Gasteiger charge is 2.30. The first-order chi connectivity index (χ1) is 14.2. The predicted octanol–water partition coefficient (Wildman–Crippen LogP) is 4.28. The molecule has 8 nitrogen and oxygen atoms in total. The summed E-state index contributed by atoms with van der Waals surface area (Å²) >= 11 is 6.35. The molecule has 1 saturated carbocycles. The Labute approximate surface area is 181 Å². The second kappa shape index (κ2) is 9.14. The molecule has 3 rings (SSSR count).